The SMILES string of the molecule is CCCNC(=O)CCCC(=O)N1CCCNCC1.Cl. The zero-order valence-electron chi connectivity index (χ0n) is 11.7. The quantitative estimate of drug-likeness (QED) is 0.765. The summed E-state index contributed by atoms with van der Waals surface area (Å²) < 4.78 is 0. The van der Waals surface area contributed by atoms with E-state index in [2.05, 4.69) is 10.6 Å². The van der Waals surface area contributed by atoms with Crippen LogP contribution in [0.5, 0.6) is 0 Å². The molecule has 0 atom stereocenters. The number of halogens is 1. The smallest absolute Gasteiger partial charge is 0.222 e. The molecule has 6 heteroatoms. The highest BCUT2D eigenvalue weighted by atomic mass is 35.5. The fourth-order valence-corrected chi connectivity index (χ4v) is 2.01. The fourth-order valence-electron chi connectivity index (χ4n) is 2.01. The molecule has 0 aliphatic carbocycles. The minimum absolute atomic E-state index is 0. The molecule has 0 aromatic carbocycles. The number of hydrogen-bond acceptors (Lipinski definition) is 3. The van der Waals surface area contributed by atoms with Crippen LogP contribution >= 0.6 is 12.4 Å². The second kappa shape index (κ2) is 11.1. The van der Waals surface area contributed by atoms with Crippen LogP contribution in [0.1, 0.15) is 39.0 Å². The van der Waals surface area contributed by atoms with Crippen molar-refractivity contribution in [2.24, 2.45) is 0 Å². The molecule has 0 bridgehead atoms. The Hall–Kier alpha value is -0.810. The summed E-state index contributed by atoms with van der Waals surface area (Å²) in [5.41, 5.74) is 0. The van der Waals surface area contributed by atoms with Crippen molar-refractivity contribution in [3.63, 3.8) is 0 Å². The van der Waals surface area contributed by atoms with E-state index in [1.165, 1.54) is 0 Å². The molecule has 0 radical (unpaired) electrons. The molecule has 19 heavy (non-hydrogen) atoms. The number of hydrogen-bond donors (Lipinski definition) is 2. The van der Waals surface area contributed by atoms with E-state index in [-0.39, 0.29) is 24.2 Å². The molecule has 0 unspecified atom stereocenters. The molecule has 0 aromatic heterocycles. The van der Waals surface area contributed by atoms with Crippen LogP contribution in [0.4, 0.5) is 0 Å². The van der Waals surface area contributed by atoms with Crippen molar-refractivity contribution in [3.05, 3.63) is 0 Å². The Morgan fingerprint density at radius 3 is 2.74 bits per heavy atom. The van der Waals surface area contributed by atoms with Crippen molar-refractivity contribution in [1.82, 2.24) is 15.5 Å². The standard InChI is InChI=1S/C13H25N3O2.ClH/c1-2-7-15-12(17)5-3-6-13(18)16-10-4-8-14-9-11-16;/h14H,2-11H2,1H3,(H,15,17);1H. The number of rotatable bonds is 6. The van der Waals surface area contributed by atoms with Gasteiger partial charge in [0.25, 0.3) is 0 Å². The van der Waals surface area contributed by atoms with Crippen molar-refractivity contribution in [1.29, 1.82) is 0 Å². The van der Waals surface area contributed by atoms with Crippen LogP contribution in [0.2, 0.25) is 0 Å². The number of carbonyl (C=O) groups is 2. The monoisotopic (exact) mass is 291 g/mol. The summed E-state index contributed by atoms with van der Waals surface area (Å²) in [4.78, 5) is 25.2. The predicted molar refractivity (Wildman–Crippen MR) is 78.5 cm³/mol. The molecule has 0 saturated carbocycles. The van der Waals surface area contributed by atoms with Gasteiger partial charge in [0.2, 0.25) is 11.8 Å². The number of nitrogens with one attached hydrogen (secondary N) is 2. The lowest BCUT2D eigenvalue weighted by Gasteiger charge is -2.19. The third-order valence-electron chi connectivity index (χ3n) is 3.06. The average Bonchev–Trinajstić information content (AvgIpc) is 2.65. The van der Waals surface area contributed by atoms with E-state index >= 15 is 0 Å². The van der Waals surface area contributed by atoms with Crippen molar-refractivity contribution < 1.29 is 9.59 Å². The Bertz CT molecular complexity index is 267. The van der Waals surface area contributed by atoms with Gasteiger partial charge in [0.15, 0.2) is 0 Å². The second-order valence-corrected chi connectivity index (χ2v) is 4.69. The van der Waals surface area contributed by atoms with Gasteiger partial charge in [-0.3, -0.25) is 9.59 Å². The van der Waals surface area contributed by atoms with Crippen LogP contribution in [-0.4, -0.2) is 49.4 Å². The highest BCUT2D eigenvalue weighted by Gasteiger charge is 2.14. The molecule has 2 amide bonds. The number of amides is 2. The van der Waals surface area contributed by atoms with Crippen LogP contribution in [0.15, 0.2) is 0 Å². The Kier molecular flexibility index (Phi) is 10.6. The number of carbonyl (C=O) groups excluding carboxylic acids is 2. The summed E-state index contributed by atoms with van der Waals surface area (Å²) in [7, 11) is 0. The van der Waals surface area contributed by atoms with Gasteiger partial charge in [-0.05, 0) is 25.8 Å². The topological polar surface area (TPSA) is 61.4 Å². The Morgan fingerprint density at radius 1 is 1.21 bits per heavy atom. The molecule has 1 rings (SSSR count). The van der Waals surface area contributed by atoms with E-state index in [0.717, 1.165) is 45.6 Å². The van der Waals surface area contributed by atoms with E-state index in [0.29, 0.717) is 19.3 Å². The van der Waals surface area contributed by atoms with E-state index in [4.69, 9.17) is 0 Å². The minimum atomic E-state index is 0. The first-order valence-electron chi connectivity index (χ1n) is 6.99. The maximum Gasteiger partial charge on any atom is 0.222 e. The molecule has 0 spiro atoms. The van der Waals surface area contributed by atoms with Crippen molar-refractivity contribution in [2.45, 2.75) is 39.0 Å². The second-order valence-electron chi connectivity index (χ2n) is 4.69. The first-order chi connectivity index (χ1) is 8.74. The molecule has 1 heterocycles. The van der Waals surface area contributed by atoms with Crippen LogP contribution in [0.3, 0.4) is 0 Å². The first kappa shape index (κ1) is 18.2. The summed E-state index contributed by atoms with van der Waals surface area (Å²) in [6.45, 7) is 6.25. The molecule has 2 N–H and O–H groups in total. The molecule has 1 aliphatic rings. The van der Waals surface area contributed by atoms with E-state index in [1.54, 1.807) is 0 Å². The van der Waals surface area contributed by atoms with Crippen LogP contribution in [0, 0.1) is 0 Å². The lowest BCUT2D eigenvalue weighted by molar-refractivity contribution is -0.131. The molecule has 0 aromatic rings. The van der Waals surface area contributed by atoms with Crippen molar-refractivity contribution in [3.8, 4) is 0 Å². The van der Waals surface area contributed by atoms with Gasteiger partial charge in [-0.25, -0.2) is 0 Å². The van der Waals surface area contributed by atoms with Gasteiger partial charge >= 0.3 is 0 Å². The highest BCUT2D eigenvalue weighted by Crippen LogP contribution is 2.03. The Morgan fingerprint density at radius 2 is 2.00 bits per heavy atom. The highest BCUT2D eigenvalue weighted by molar-refractivity contribution is 5.85. The van der Waals surface area contributed by atoms with Gasteiger partial charge in [0.05, 0.1) is 0 Å². The summed E-state index contributed by atoms with van der Waals surface area (Å²) >= 11 is 0. The van der Waals surface area contributed by atoms with Crippen molar-refractivity contribution in [2.75, 3.05) is 32.7 Å². The lowest BCUT2D eigenvalue weighted by atomic mass is 10.2. The Labute approximate surface area is 121 Å². The van der Waals surface area contributed by atoms with Crippen LogP contribution in [0.25, 0.3) is 0 Å². The molecular formula is C13H26ClN3O2. The normalized spacial score (nSPS) is 15.3. The third-order valence-corrected chi connectivity index (χ3v) is 3.06. The predicted octanol–water partition coefficient (Wildman–Crippen LogP) is 0.927. The average molecular weight is 292 g/mol. The van der Waals surface area contributed by atoms with Crippen molar-refractivity contribution >= 4 is 24.2 Å². The molecular weight excluding hydrogens is 266 g/mol. The van der Waals surface area contributed by atoms with E-state index < -0.39 is 0 Å². The lowest BCUT2D eigenvalue weighted by Crippen LogP contribution is -2.34. The summed E-state index contributed by atoms with van der Waals surface area (Å²) in [5.74, 6) is 0.240. The van der Waals surface area contributed by atoms with Gasteiger partial charge in [-0.15, -0.1) is 12.4 Å². The van der Waals surface area contributed by atoms with Gasteiger partial charge in [0, 0.05) is 39.0 Å². The van der Waals surface area contributed by atoms with Crippen LogP contribution < -0.4 is 10.6 Å². The summed E-state index contributed by atoms with van der Waals surface area (Å²) in [6, 6.07) is 0. The fraction of sp³-hybridized carbons (Fsp3) is 0.846. The van der Waals surface area contributed by atoms with Gasteiger partial charge in [0.1, 0.15) is 0 Å². The minimum Gasteiger partial charge on any atom is -0.356 e. The number of nitrogens with zero attached hydrogens (tertiary/aromatic N) is 1. The largest absolute Gasteiger partial charge is 0.356 e. The zero-order valence-corrected chi connectivity index (χ0v) is 12.6. The molecule has 1 fully saturated rings. The molecule has 112 valence electrons. The van der Waals surface area contributed by atoms with E-state index in [1.807, 2.05) is 11.8 Å². The van der Waals surface area contributed by atoms with Gasteiger partial charge in [-0.1, -0.05) is 6.92 Å². The summed E-state index contributed by atoms with van der Waals surface area (Å²) in [5, 5.41) is 6.09. The molecule has 5 nitrogen and oxygen atoms in total. The van der Waals surface area contributed by atoms with Gasteiger partial charge < -0.3 is 15.5 Å². The van der Waals surface area contributed by atoms with Crippen LogP contribution in [-0.2, 0) is 9.59 Å². The zero-order chi connectivity index (χ0) is 13.2. The first-order valence-corrected chi connectivity index (χ1v) is 6.99. The third kappa shape index (κ3) is 8.06. The van der Waals surface area contributed by atoms with Gasteiger partial charge in [-0.2, -0.15) is 0 Å². The summed E-state index contributed by atoms with van der Waals surface area (Å²) in [6.07, 6.45) is 3.56. The molecule has 1 saturated heterocycles. The maximum absolute atomic E-state index is 11.9. The molecule has 1 aliphatic heterocycles. The maximum atomic E-state index is 11.9. The van der Waals surface area contributed by atoms with E-state index in [9.17, 15) is 9.59 Å². The Balaban J connectivity index is 0.00000324.